The molecule has 3 aromatic carbocycles. The average molecular weight is 471 g/mol. The van der Waals surface area contributed by atoms with Gasteiger partial charge in [-0.1, -0.05) is 55.5 Å². The van der Waals surface area contributed by atoms with E-state index in [0.29, 0.717) is 28.8 Å². The first-order valence-corrected chi connectivity index (χ1v) is 11.7. The molecule has 0 bridgehead atoms. The van der Waals surface area contributed by atoms with Gasteiger partial charge in [-0.25, -0.2) is 0 Å². The molecule has 34 heavy (non-hydrogen) atoms. The number of carbonyl (C=O) groups excluding carboxylic acids is 1. The first-order chi connectivity index (χ1) is 16.6. The first-order valence-electron chi connectivity index (χ1n) is 10.8. The topological polar surface area (TPSA) is 87.3 Å². The van der Waals surface area contributed by atoms with Crippen molar-refractivity contribution in [2.45, 2.75) is 20.0 Å². The van der Waals surface area contributed by atoms with Crippen LogP contribution in [0, 0.1) is 5.41 Å². The number of hydrogen-bond acceptors (Lipinski definition) is 6. The molecule has 8 heteroatoms. The minimum atomic E-state index is -0.452. The summed E-state index contributed by atoms with van der Waals surface area (Å²) in [5.41, 5.74) is 1.96. The monoisotopic (exact) mass is 470 g/mol. The van der Waals surface area contributed by atoms with Crippen LogP contribution in [-0.2, 0) is 11.4 Å². The van der Waals surface area contributed by atoms with Crippen LogP contribution in [0.4, 0.5) is 0 Å². The fourth-order valence-corrected chi connectivity index (χ4v) is 4.63. The van der Waals surface area contributed by atoms with Gasteiger partial charge in [-0.15, -0.1) is 0 Å². The highest BCUT2D eigenvalue weighted by Crippen LogP contribution is 2.32. The Hall–Kier alpha value is -3.91. The van der Waals surface area contributed by atoms with Crippen molar-refractivity contribution in [1.82, 2.24) is 5.01 Å². The van der Waals surface area contributed by atoms with E-state index in [9.17, 15) is 4.79 Å². The zero-order valence-electron chi connectivity index (χ0n) is 18.7. The van der Waals surface area contributed by atoms with E-state index in [2.05, 4.69) is 28.3 Å². The summed E-state index contributed by atoms with van der Waals surface area (Å²) >= 11 is 1.32. The van der Waals surface area contributed by atoms with Gasteiger partial charge in [0.25, 0.3) is 5.91 Å². The SMILES string of the molecule is CCC1=NN2C(=N)/C(=C\c3ccc(OCc4cccc5ccccc45)c(OC)c3)C(=O)N=C2S1. The summed E-state index contributed by atoms with van der Waals surface area (Å²) in [7, 11) is 1.57. The molecule has 0 radical (unpaired) electrons. The number of nitrogens with zero attached hydrogens (tertiary/aromatic N) is 3. The highest BCUT2D eigenvalue weighted by molar-refractivity contribution is 8.26. The van der Waals surface area contributed by atoms with Crippen molar-refractivity contribution in [3.63, 3.8) is 0 Å². The van der Waals surface area contributed by atoms with Crippen molar-refractivity contribution in [3.8, 4) is 11.5 Å². The predicted octanol–water partition coefficient (Wildman–Crippen LogP) is 5.46. The number of amidine groups is 2. The second-order valence-corrected chi connectivity index (χ2v) is 8.75. The van der Waals surface area contributed by atoms with Crippen LogP contribution in [0.15, 0.2) is 76.3 Å². The third kappa shape index (κ3) is 4.08. The van der Waals surface area contributed by atoms with Crippen LogP contribution >= 0.6 is 11.8 Å². The van der Waals surface area contributed by atoms with E-state index in [1.807, 2.05) is 37.3 Å². The number of fused-ring (bicyclic) bond motifs is 2. The maximum Gasteiger partial charge on any atom is 0.283 e. The smallest absolute Gasteiger partial charge is 0.283 e. The van der Waals surface area contributed by atoms with Gasteiger partial charge in [-0.2, -0.15) is 15.1 Å². The van der Waals surface area contributed by atoms with Crippen molar-refractivity contribution >= 4 is 50.6 Å². The molecule has 170 valence electrons. The summed E-state index contributed by atoms with van der Waals surface area (Å²) in [6.45, 7) is 2.37. The van der Waals surface area contributed by atoms with Gasteiger partial charge in [-0.05, 0) is 58.3 Å². The third-order valence-corrected chi connectivity index (χ3v) is 6.61. The van der Waals surface area contributed by atoms with Gasteiger partial charge in [0.05, 0.1) is 12.7 Å². The number of thioether (sulfide) groups is 1. The summed E-state index contributed by atoms with van der Waals surface area (Å²) in [4.78, 5) is 16.7. The molecule has 7 nitrogen and oxygen atoms in total. The zero-order valence-corrected chi connectivity index (χ0v) is 19.6. The molecule has 3 aromatic rings. The average Bonchev–Trinajstić information content (AvgIpc) is 3.29. The van der Waals surface area contributed by atoms with Crippen LogP contribution < -0.4 is 9.47 Å². The summed E-state index contributed by atoms with van der Waals surface area (Å²) < 4.78 is 11.6. The summed E-state index contributed by atoms with van der Waals surface area (Å²) in [5, 5.41) is 17.8. The fraction of sp³-hybridized carbons (Fsp3) is 0.154. The van der Waals surface area contributed by atoms with Crippen molar-refractivity contribution < 1.29 is 14.3 Å². The number of benzene rings is 3. The van der Waals surface area contributed by atoms with Gasteiger partial charge in [0, 0.05) is 0 Å². The zero-order chi connectivity index (χ0) is 23.7. The molecular weight excluding hydrogens is 448 g/mol. The lowest BCUT2D eigenvalue weighted by Crippen LogP contribution is -2.35. The first kappa shape index (κ1) is 21.9. The number of nitrogens with one attached hydrogen (secondary N) is 1. The van der Waals surface area contributed by atoms with E-state index in [1.54, 1.807) is 25.3 Å². The number of ether oxygens (including phenoxy) is 2. The number of rotatable bonds is 6. The Bertz CT molecular complexity index is 1400. The Morgan fingerprint density at radius 2 is 1.91 bits per heavy atom. The Labute approximate surface area is 201 Å². The van der Waals surface area contributed by atoms with Gasteiger partial charge in [0.1, 0.15) is 11.7 Å². The molecule has 2 aliphatic rings. The molecule has 0 aromatic heterocycles. The number of methoxy groups -OCH3 is 1. The second kappa shape index (κ2) is 9.15. The molecule has 0 atom stereocenters. The molecule has 0 spiro atoms. The van der Waals surface area contributed by atoms with Crippen molar-refractivity contribution in [1.29, 1.82) is 5.41 Å². The minimum absolute atomic E-state index is 0.0150. The van der Waals surface area contributed by atoms with Crippen molar-refractivity contribution in [2.75, 3.05) is 7.11 Å². The van der Waals surface area contributed by atoms with Crippen molar-refractivity contribution in [3.05, 3.63) is 77.4 Å². The highest BCUT2D eigenvalue weighted by Gasteiger charge is 2.35. The summed E-state index contributed by atoms with van der Waals surface area (Å²) in [6.07, 6.45) is 2.35. The number of hydrazone groups is 1. The highest BCUT2D eigenvalue weighted by atomic mass is 32.2. The van der Waals surface area contributed by atoms with Crippen LogP contribution in [-0.4, -0.2) is 34.1 Å². The molecule has 5 rings (SSSR count). The standard InChI is InChI=1S/C26H22N4O3S/c1-3-23-29-30-24(27)20(25(31)28-26(30)34-23)13-16-11-12-21(22(14-16)32-2)33-15-18-9-6-8-17-7-4-5-10-19(17)18/h4-14,27H,3,15H2,1-2H3/b20-13+,27-24?. The second-order valence-electron chi connectivity index (χ2n) is 7.70. The molecular formula is C26H22N4O3S. The Morgan fingerprint density at radius 1 is 1.09 bits per heavy atom. The molecule has 0 saturated heterocycles. The normalized spacial score (nSPS) is 16.5. The molecule has 0 unspecified atom stereocenters. The van der Waals surface area contributed by atoms with Crippen LogP contribution in [0.2, 0.25) is 0 Å². The van der Waals surface area contributed by atoms with Crippen LogP contribution in [0.1, 0.15) is 24.5 Å². The van der Waals surface area contributed by atoms with Gasteiger partial charge < -0.3 is 9.47 Å². The minimum Gasteiger partial charge on any atom is -0.493 e. The number of carbonyl (C=O) groups is 1. The molecule has 0 fully saturated rings. The molecule has 2 aliphatic heterocycles. The van der Waals surface area contributed by atoms with Crippen LogP contribution in [0.3, 0.4) is 0 Å². The van der Waals surface area contributed by atoms with Gasteiger partial charge in [0.2, 0.25) is 5.17 Å². The Balaban J connectivity index is 1.39. The quantitative estimate of drug-likeness (QED) is 0.484. The van der Waals surface area contributed by atoms with E-state index < -0.39 is 5.91 Å². The largest absolute Gasteiger partial charge is 0.493 e. The predicted molar refractivity (Wildman–Crippen MR) is 137 cm³/mol. The molecule has 1 amide bonds. The van der Waals surface area contributed by atoms with Crippen molar-refractivity contribution in [2.24, 2.45) is 10.1 Å². The van der Waals surface area contributed by atoms with E-state index in [-0.39, 0.29) is 11.4 Å². The lowest BCUT2D eigenvalue weighted by atomic mass is 10.1. The van der Waals surface area contributed by atoms with Gasteiger partial charge >= 0.3 is 0 Å². The van der Waals surface area contributed by atoms with Gasteiger partial charge in [-0.3, -0.25) is 10.2 Å². The van der Waals surface area contributed by atoms with E-state index >= 15 is 0 Å². The number of aliphatic imine (C=N–C) groups is 1. The van der Waals surface area contributed by atoms with E-state index in [0.717, 1.165) is 27.8 Å². The maximum atomic E-state index is 12.6. The van der Waals surface area contributed by atoms with E-state index in [4.69, 9.17) is 14.9 Å². The Kier molecular flexibility index (Phi) is 5.90. The Morgan fingerprint density at radius 3 is 2.74 bits per heavy atom. The summed E-state index contributed by atoms with van der Waals surface area (Å²) in [6, 6.07) is 19.7. The number of hydrogen-bond donors (Lipinski definition) is 1. The molecule has 2 heterocycles. The van der Waals surface area contributed by atoms with Crippen LogP contribution in [0.25, 0.3) is 16.8 Å². The third-order valence-electron chi connectivity index (χ3n) is 5.56. The fourth-order valence-electron chi connectivity index (χ4n) is 3.81. The van der Waals surface area contributed by atoms with E-state index in [1.165, 1.54) is 16.8 Å². The maximum absolute atomic E-state index is 12.6. The molecule has 0 aliphatic carbocycles. The summed E-state index contributed by atoms with van der Waals surface area (Å²) in [5.74, 6) is 0.695. The molecule has 1 N–H and O–H groups in total. The van der Waals surface area contributed by atoms with Crippen LogP contribution in [0.5, 0.6) is 11.5 Å². The molecule has 0 saturated carbocycles. The number of amides is 1. The lowest BCUT2D eigenvalue weighted by molar-refractivity contribution is -0.114. The lowest BCUT2D eigenvalue weighted by Gasteiger charge is -2.20. The van der Waals surface area contributed by atoms with Gasteiger partial charge in [0.15, 0.2) is 17.3 Å².